The molecule has 0 spiro atoms. The molecule has 1 N–H and O–H groups in total. The molecule has 1 fully saturated rings. The molecule has 0 unspecified atom stereocenters. The van der Waals surface area contributed by atoms with E-state index in [1.54, 1.807) is 0 Å². The van der Waals surface area contributed by atoms with Crippen molar-refractivity contribution in [1.82, 2.24) is 14.8 Å². The fraction of sp³-hybridized carbons (Fsp3) is 0.381. The van der Waals surface area contributed by atoms with E-state index >= 15 is 0 Å². The largest absolute Gasteiger partial charge is 0.348 e. The number of pyridine rings is 1. The number of fused-ring (bicyclic) bond motifs is 1. The zero-order valence-electron chi connectivity index (χ0n) is 16.9. The van der Waals surface area contributed by atoms with E-state index in [2.05, 4.69) is 21.2 Å². The van der Waals surface area contributed by atoms with E-state index in [4.69, 9.17) is 0 Å². The summed E-state index contributed by atoms with van der Waals surface area (Å²) < 4.78 is 25.5. The molecule has 0 radical (unpaired) electrons. The first-order valence-electron chi connectivity index (χ1n) is 9.87. The van der Waals surface area contributed by atoms with Crippen LogP contribution in [0.2, 0.25) is 0 Å². The average molecular weight is 508 g/mol. The zero-order chi connectivity index (χ0) is 22.4. The number of aromatic nitrogens is 1. The van der Waals surface area contributed by atoms with E-state index in [9.17, 15) is 22.8 Å². The number of halogens is 1. The van der Waals surface area contributed by atoms with Crippen molar-refractivity contribution in [3.63, 3.8) is 0 Å². The smallest absolute Gasteiger partial charge is 0.270 e. The highest BCUT2D eigenvalue weighted by Gasteiger charge is 2.54. The third-order valence-electron chi connectivity index (χ3n) is 5.96. The summed E-state index contributed by atoms with van der Waals surface area (Å²) in [5.41, 5.74) is 0.505. The number of carbonyl (C=O) groups excluding carboxylic acids is 2. The summed E-state index contributed by atoms with van der Waals surface area (Å²) in [6.45, 7) is 0.850. The molecule has 1 saturated carbocycles. The van der Waals surface area contributed by atoms with E-state index in [1.165, 1.54) is 27.9 Å². The van der Waals surface area contributed by atoms with Gasteiger partial charge in [-0.3, -0.25) is 14.4 Å². The van der Waals surface area contributed by atoms with E-state index in [0.717, 1.165) is 10.0 Å². The fourth-order valence-corrected chi connectivity index (χ4v) is 5.31. The normalized spacial score (nSPS) is 17.2. The predicted octanol–water partition coefficient (Wildman–Crippen LogP) is 1.57. The lowest BCUT2D eigenvalue weighted by Gasteiger charge is -2.32. The van der Waals surface area contributed by atoms with Gasteiger partial charge in [0.1, 0.15) is 11.3 Å². The lowest BCUT2D eigenvalue weighted by molar-refractivity contribution is 0.0695. The van der Waals surface area contributed by atoms with E-state index in [0.29, 0.717) is 12.8 Å². The molecule has 10 heteroatoms. The third kappa shape index (κ3) is 4.18. The Morgan fingerprint density at radius 2 is 1.77 bits per heavy atom. The molecule has 0 bridgehead atoms. The second-order valence-electron chi connectivity index (χ2n) is 8.08. The molecular weight excluding hydrogens is 486 g/mol. The van der Waals surface area contributed by atoms with Crippen LogP contribution in [0.4, 0.5) is 0 Å². The fourth-order valence-electron chi connectivity index (χ4n) is 3.81. The van der Waals surface area contributed by atoms with Gasteiger partial charge < -0.3 is 14.8 Å². The first kappa shape index (κ1) is 21.8. The number of nitrogens with one attached hydrogen (secondary N) is 1. The van der Waals surface area contributed by atoms with Crippen LogP contribution in [0.25, 0.3) is 0 Å². The number of benzene rings is 1. The Kier molecular flexibility index (Phi) is 5.55. The summed E-state index contributed by atoms with van der Waals surface area (Å²) in [5, 5.41) is 2.73. The van der Waals surface area contributed by atoms with Crippen molar-refractivity contribution in [2.24, 2.45) is 0 Å². The van der Waals surface area contributed by atoms with Crippen molar-refractivity contribution in [1.29, 1.82) is 0 Å². The van der Waals surface area contributed by atoms with Crippen LogP contribution in [0.5, 0.6) is 0 Å². The Bertz CT molecular complexity index is 1220. The standard InChI is InChI=1S/C21H22BrN3O5S/c1-31(29,30)21(8-9-21)13-24-10-11-25-17(20(24)28)7-6-16(19(25)27)18(26)23-12-14-2-4-15(22)5-3-14/h2-7H,8-13H2,1H3,(H,23,26). The molecule has 8 nitrogen and oxygen atoms in total. The highest BCUT2D eigenvalue weighted by atomic mass is 79.9. The first-order chi connectivity index (χ1) is 14.6. The van der Waals surface area contributed by atoms with E-state index in [-0.39, 0.29) is 43.3 Å². The quantitative estimate of drug-likeness (QED) is 0.638. The van der Waals surface area contributed by atoms with Crippen LogP contribution < -0.4 is 10.9 Å². The van der Waals surface area contributed by atoms with Crippen molar-refractivity contribution >= 4 is 37.6 Å². The summed E-state index contributed by atoms with van der Waals surface area (Å²) in [6.07, 6.45) is 2.28. The van der Waals surface area contributed by atoms with Gasteiger partial charge in [0.2, 0.25) is 0 Å². The molecular formula is C21H22BrN3O5S. The topological polar surface area (TPSA) is 106 Å². The molecule has 2 heterocycles. The SMILES string of the molecule is CS(=O)(=O)C1(CN2CCn3c(ccc(C(=O)NCc4ccc(Br)cc4)c3=O)C2=O)CC1. The lowest BCUT2D eigenvalue weighted by Crippen LogP contribution is -2.49. The van der Waals surface area contributed by atoms with E-state index in [1.807, 2.05) is 24.3 Å². The highest BCUT2D eigenvalue weighted by molar-refractivity contribution is 9.10. The molecule has 1 aromatic carbocycles. The molecule has 1 aliphatic heterocycles. The highest BCUT2D eigenvalue weighted by Crippen LogP contribution is 2.44. The third-order valence-corrected chi connectivity index (χ3v) is 8.60. The Labute approximate surface area is 188 Å². The molecule has 0 atom stereocenters. The Balaban J connectivity index is 1.50. The number of sulfone groups is 1. The van der Waals surface area contributed by atoms with Crippen molar-refractivity contribution in [2.45, 2.75) is 30.7 Å². The number of nitrogens with zero attached hydrogens (tertiary/aromatic N) is 2. The van der Waals surface area contributed by atoms with Crippen molar-refractivity contribution < 1.29 is 18.0 Å². The maximum absolute atomic E-state index is 12.9. The van der Waals surface area contributed by atoms with Gasteiger partial charge in [0, 0.05) is 36.9 Å². The molecule has 31 heavy (non-hydrogen) atoms. The van der Waals surface area contributed by atoms with Crippen LogP contribution >= 0.6 is 15.9 Å². The Hall–Kier alpha value is -2.46. The Morgan fingerprint density at radius 3 is 2.39 bits per heavy atom. The second-order valence-corrected chi connectivity index (χ2v) is 11.4. The van der Waals surface area contributed by atoms with Crippen LogP contribution in [0.1, 0.15) is 39.3 Å². The van der Waals surface area contributed by atoms with Crippen LogP contribution in [-0.2, 0) is 22.9 Å². The monoisotopic (exact) mass is 507 g/mol. The summed E-state index contributed by atoms with van der Waals surface area (Å²) in [5.74, 6) is -0.896. The van der Waals surface area contributed by atoms with Gasteiger partial charge in [0.25, 0.3) is 17.4 Å². The average Bonchev–Trinajstić information content (AvgIpc) is 3.51. The van der Waals surface area contributed by atoms with Crippen molar-refractivity contribution in [2.75, 3.05) is 19.3 Å². The Morgan fingerprint density at radius 1 is 1.10 bits per heavy atom. The summed E-state index contributed by atoms with van der Waals surface area (Å²) in [4.78, 5) is 39.8. The number of hydrogen-bond acceptors (Lipinski definition) is 5. The van der Waals surface area contributed by atoms with Gasteiger partial charge >= 0.3 is 0 Å². The maximum Gasteiger partial charge on any atom is 0.270 e. The summed E-state index contributed by atoms with van der Waals surface area (Å²) in [6, 6.07) is 10.3. The second kappa shape index (κ2) is 7.90. The van der Waals surface area contributed by atoms with Gasteiger partial charge in [-0.25, -0.2) is 8.42 Å². The first-order valence-corrected chi connectivity index (χ1v) is 12.6. The molecule has 2 amide bonds. The van der Waals surface area contributed by atoms with Gasteiger partial charge in [0.05, 0.1) is 4.75 Å². The van der Waals surface area contributed by atoms with Crippen LogP contribution in [0.15, 0.2) is 45.7 Å². The van der Waals surface area contributed by atoms with Crippen molar-refractivity contribution in [3.05, 3.63) is 68.0 Å². The molecule has 0 saturated heterocycles. The van der Waals surface area contributed by atoms with Gasteiger partial charge in [-0.15, -0.1) is 0 Å². The van der Waals surface area contributed by atoms with E-state index < -0.39 is 26.1 Å². The zero-order valence-corrected chi connectivity index (χ0v) is 19.3. The van der Waals surface area contributed by atoms with Crippen LogP contribution in [0.3, 0.4) is 0 Å². The number of amides is 2. The maximum atomic E-state index is 12.9. The lowest BCUT2D eigenvalue weighted by atomic mass is 10.1. The number of hydrogen-bond donors (Lipinski definition) is 1. The minimum Gasteiger partial charge on any atom is -0.348 e. The molecule has 164 valence electrons. The van der Waals surface area contributed by atoms with Crippen molar-refractivity contribution in [3.8, 4) is 0 Å². The molecule has 1 aromatic heterocycles. The minimum atomic E-state index is -3.27. The number of carbonyl (C=O) groups is 2. The van der Waals surface area contributed by atoms with Gasteiger partial charge in [-0.05, 0) is 42.7 Å². The molecule has 4 rings (SSSR count). The molecule has 2 aromatic rings. The van der Waals surface area contributed by atoms with Gasteiger partial charge in [0.15, 0.2) is 9.84 Å². The van der Waals surface area contributed by atoms with Gasteiger partial charge in [-0.2, -0.15) is 0 Å². The molecule has 2 aliphatic rings. The number of rotatable bonds is 6. The summed E-state index contributed by atoms with van der Waals surface area (Å²) in [7, 11) is -3.27. The van der Waals surface area contributed by atoms with Crippen LogP contribution in [-0.4, -0.2) is 53.8 Å². The molecule has 1 aliphatic carbocycles. The van der Waals surface area contributed by atoms with Crippen LogP contribution in [0, 0.1) is 0 Å². The summed E-state index contributed by atoms with van der Waals surface area (Å²) >= 11 is 3.35. The van der Waals surface area contributed by atoms with Gasteiger partial charge in [-0.1, -0.05) is 28.1 Å². The minimum absolute atomic E-state index is 0.0306. The predicted molar refractivity (Wildman–Crippen MR) is 119 cm³/mol.